The number of ether oxygens (including phenoxy) is 4. The molecule has 5 aliphatic carbocycles. The van der Waals surface area contributed by atoms with Crippen molar-refractivity contribution in [3.8, 4) is 0 Å². The van der Waals surface area contributed by atoms with Gasteiger partial charge in [0.15, 0.2) is 12.4 Å². The van der Waals surface area contributed by atoms with Gasteiger partial charge in [0.2, 0.25) is 0 Å². The van der Waals surface area contributed by atoms with E-state index >= 15 is 0 Å². The van der Waals surface area contributed by atoms with Crippen molar-refractivity contribution in [1.82, 2.24) is 4.90 Å². The van der Waals surface area contributed by atoms with E-state index in [0.717, 1.165) is 71.2 Å². The van der Waals surface area contributed by atoms with Crippen molar-refractivity contribution in [3.05, 3.63) is 0 Å². The monoisotopic (exact) mass is 660 g/mol. The second kappa shape index (κ2) is 11.3. The molecule has 0 aromatic heterocycles. The van der Waals surface area contributed by atoms with Crippen LogP contribution < -0.4 is 5.73 Å². The topological polar surface area (TPSA) is 124 Å². The molecule has 7 fully saturated rings. The van der Waals surface area contributed by atoms with Crippen LogP contribution in [0.15, 0.2) is 0 Å². The summed E-state index contributed by atoms with van der Waals surface area (Å²) in [5.74, 6) is 0.654. The van der Waals surface area contributed by atoms with Crippen molar-refractivity contribution in [2.75, 3.05) is 26.2 Å². The highest BCUT2D eigenvalue weighted by Crippen LogP contribution is 2.87. The highest BCUT2D eigenvalue weighted by atomic mass is 16.7. The number of esters is 1. The van der Waals surface area contributed by atoms with Crippen LogP contribution >= 0.6 is 0 Å². The first-order valence-corrected chi connectivity index (χ1v) is 19.0. The first-order valence-electron chi connectivity index (χ1n) is 19.0. The number of hydrogen-bond acceptors (Lipinski definition) is 9. The molecule has 2 heterocycles. The van der Waals surface area contributed by atoms with E-state index in [4.69, 9.17) is 24.7 Å². The smallest absolute Gasteiger partial charge is 0.303 e. The Morgan fingerprint density at radius 2 is 1.81 bits per heavy atom. The minimum absolute atomic E-state index is 0.0293. The van der Waals surface area contributed by atoms with Crippen LogP contribution in [0.25, 0.3) is 0 Å². The van der Waals surface area contributed by atoms with E-state index in [1.807, 2.05) is 0 Å². The molecule has 0 aromatic rings. The van der Waals surface area contributed by atoms with E-state index in [1.54, 1.807) is 13.8 Å². The summed E-state index contributed by atoms with van der Waals surface area (Å²) in [7, 11) is 0. The van der Waals surface area contributed by atoms with Gasteiger partial charge in [0, 0.05) is 20.0 Å². The van der Waals surface area contributed by atoms with E-state index in [-0.39, 0.29) is 51.8 Å². The fourth-order valence-electron chi connectivity index (χ4n) is 13.7. The first kappa shape index (κ1) is 34.6. The molecule has 7 rings (SSSR count). The SMILES string of the molecule is CCCN1CCOC(OC2CCC34CC35CCC3(C)C6C(C)CC(C(OC(C)=O)C(C)(C)O)OC6C(O)C3(N)C5CCC4C2(C)C)C1. The fraction of sp³-hybridized carbons (Fsp3) is 0.974. The molecule has 0 amide bonds. The minimum atomic E-state index is -1.28. The molecule has 0 radical (unpaired) electrons. The zero-order valence-corrected chi connectivity index (χ0v) is 30.4. The average Bonchev–Trinajstić information content (AvgIpc) is 3.62. The number of carbonyl (C=O) groups is 1. The summed E-state index contributed by atoms with van der Waals surface area (Å²) >= 11 is 0. The highest BCUT2D eigenvalue weighted by Gasteiger charge is 2.85. The molecular weight excluding hydrogens is 596 g/mol. The van der Waals surface area contributed by atoms with Gasteiger partial charge in [-0.1, -0.05) is 34.6 Å². The normalized spacial score (nSPS) is 51.1. The van der Waals surface area contributed by atoms with Gasteiger partial charge in [-0.3, -0.25) is 9.69 Å². The lowest BCUT2D eigenvalue weighted by molar-refractivity contribution is -0.246. The zero-order chi connectivity index (χ0) is 33.9. The lowest BCUT2D eigenvalue weighted by atomic mass is 9.43. The molecule has 0 aromatic carbocycles. The highest BCUT2D eigenvalue weighted by molar-refractivity contribution is 5.66. The number of nitrogens with zero attached hydrogens (tertiary/aromatic N) is 1. The largest absolute Gasteiger partial charge is 0.457 e. The third kappa shape index (κ3) is 4.82. The quantitative estimate of drug-likeness (QED) is 0.335. The van der Waals surface area contributed by atoms with Crippen LogP contribution in [-0.4, -0.2) is 95.3 Å². The first-order chi connectivity index (χ1) is 22.0. The van der Waals surface area contributed by atoms with E-state index in [9.17, 15) is 15.0 Å². The lowest BCUT2D eigenvalue weighted by Crippen LogP contribution is -2.70. The summed E-state index contributed by atoms with van der Waals surface area (Å²) < 4.78 is 25.4. The van der Waals surface area contributed by atoms with Gasteiger partial charge in [-0.15, -0.1) is 0 Å². The summed E-state index contributed by atoms with van der Waals surface area (Å²) in [6, 6.07) is 0. The van der Waals surface area contributed by atoms with Crippen LogP contribution in [0.1, 0.15) is 113 Å². The van der Waals surface area contributed by atoms with Gasteiger partial charge in [-0.25, -0.2) is 0 Å². The summed E-state index contributed by atoms with van der Waals surface area (Å²) in [5.41, 5.74) is 5.90. The van der Waals surface area contributed by atoms with E-state index in [1.165, 1.54) is 13.3 Å². The van der Waals surface area contributed by atoms with Crippen molar-refractivity contribution < 1.29 is 34.0 Å². The fourth-order valence-corrected chi connectivity index (χ4v) is 13.7. The van der Waals surface area contributed by atoms with Crippen LogP contribution in [0.3, 0.4) is 0 Å². The van der Waals surface area contributed by atoms with Gasteiger partial charge in [0.05, 0.1) is 42.2 Å². The predicted octanol–water partition coefficient (Wildman–Crippen LogP) is 4.65. The number of fused-ring (bicyclic) bond motifs is 4. The Morgan fingerprint density at radius 3 is 2.49 bits per heavy atom. The molecule has 14 unspecified atom stereocenters. The van der Waals surface area contributed by atoms with E-state index < -0.39 is 41.5 Å². The molecule has 4 N–H and O–H groups in total. The Bertz CT molecular complexity index is 1220. The second-order valence-corrected chi connectivity index (χ2v) is 18.6. The number of hydrogen-bond donors (Lipinski definition) is 3. The second-order valence-electron chi connectivity index (χ2n) is 18.6. The summed E-state index contributed by atoms with van der Waals surface area (Å²) in [4.78, 5) is 14.5. The Kier molecular flexibility index (Phi) is 8.36. The average molecular weight is 661 g/mol. The minimum Gasteiger partial charge on any atom is -0.457 e. The number of rotatable bonds is 7. The van der Waals surface area contributed by atoms with E-state index in [0.29, 0.717) is 12.3 Å². The third-order valence-corrected chi connectivity index (χ3v) is 15.6. The molecule has 2 aliphatic heterocycles. The molecule has 2 saturated heterocycles. The molecule has 47 heavy (non-hydrogen) atoms. The standard InChI is InChI=1S/C38H64N2O7/c1-9-16-40-17-18-44-28(20-40)47-27-12-13-36-21-37(36)15-14-35(8)29-22(2)19-24(32(34(6,7)43)45-23(3)41)46-30(29)31(42)38(35,39)26(37)11-10-25(36)33(27,4)5/h22,24-32,42-43H,9-21,39H2,1-8H3. The lowest BCUT2D eigenvalue weighted by Gasteiger charge is -2.63. The summed E-state index contributed by atoms with van der Waals surface area (Å²) in [5, 5.41) is 23.4. The molecule has 2 spiro atoms. The number of aliphatic hydroxyl groups is 2. The van der Waals surface area contributed by atoms with Gasteiger partial charge in [-0.2, -0.15) is 0 Å². The Morgan fingerprint density at radius 1 is 1.11 bits per heavy atom. The molecule has 5 saturated carbocycles. The third-order valence-electron chi connectivity index (χ3n) is 15.6. The number of morpholine rings is 1. The zero-order valence-electron chi connectivity index (χ0n) is 30.4. The number of carbonyl (C=O) groups excluding carboxylic acids is 1. The van der Waals surface area contributed by atoms with Gasteiger partial charge >= 0.3 is 5.97 Å². The van der Waals surface area contributed by atoms with Crippen molar-refractivity contribution in [1.29, 1.82) is 0 Å². The Balaban J connectivity index is 1.13. The molecule has 268 valence electrons. The molecule has 0 bridgehead atoms. The molecule has 9 heteroatoms. The van der Waals surface area contributed by atoms with Crippen LogP contribution in [0, 0.1) is 45.3 Å². The summed E-state index contributed by atoms with van der Waals surface area (Å²) in [6.45, 7) is 20.1. The van der Waals surface area contributed by atoms with Gasteiger partial charge < -0.3 is 34.9 Å². The maximum Gasteiger partial charge on any atom is 0.303 e. The molecule has 7 aliphatic rings. The maximum atomic E-state index is 12.4. The molecular formula is C38H64N2O7. The Labute approximate surface area is 283 Å². The Hall–Kier alpha value is -0.810. The van der Waals surface area contributed by atoms with Crippen molar-refractivity contribution in [3.63, 3.8) is 0 Å². The van der Waals surface area contributed by atoms with E-state index in [2.05, 4.69) is 39.5 Å². The number of aliphatic hydroxyl groups excluding tert-OH is 1. The van der Waals surface area contributed by atoms with Gasteiger partial charge in [-0.05, 0) is 124 Å². The summed E-state index contributed by atoms with van der Waals surface area (Å²) in [6.07, 6.45) is 6.92. The van der Waals surface area contributed by atoms with Crippen LogP contribution in [0.4, 0.5) is 0 Å². The van der Waals surface area contributed by atoms with Crippen LogP contribution in [0.2, 0.25) is 0 Å². The van der Waals surface area contributed by atoms with Crippen LogP contribution in [-0.2, 0) is 23.7 Å². The molecule has 9 nitrogen and oxygen atoms in total. The van der Waals surface area contributed by atoms with Crippen molar-refractivity contribution in [2.24, 2.45) is 51.1 Å². The molecule has 14 atom stereocenters. The number of nitrogens with two attached hydrogens (primary N) is 1. The van der Waals surface area contributed by atoms with Gasteiger partial charge in [0.1, 0.15) is 0 Å². The predicted molar refractivity (Wildman–Crippen MR) is 178 cm³/mol. The maximum absolute atomic E-state index is 12.4. The van der Waals surface area contributed by atoms with Crippen LogP contribution in [0.5, 0.6) is 0 Å². The van der Waals surface area contributed by atoms with Crippen molar-refractivity contribution in [2.45, 2.75) is 161 Å². The van der Waals surface area contributed by atoms with Crippen molar-refractivity contribution >= 4 is 5.97 Å². The van der Waals surface area contributed by atoms with Gasteiger partial charge in [0.25, 0.3) is 0 Å².